The maximum absolute atomic E-state index is 11.9. The summed E-state index contributed by atoms with van der Waals surface area (Å²) in [7, 11) is 1.33. The Morgan fingerprint density at radius 3 is 2.60 bits per heavy atom. The number of anilines is 1. The second-order valence-electron chi connectivity index (χ2n) is 5.18. The number of nitrogens with zero attached hydrogens (tertiary/aromatic N) is 2. The molecule has 0 saturated heterocycles. The fraction of sp³-hybridized carbons (Fsp3) is 0.615. The number of hydrogen-bond donors (Lipinski definition) is 1. The molecule has 112 valence electrons. The topological polar surface area (TPSA) is 71.5 Å². The Morgan fingerprint density at radius 1 is 1.35 bits per heavy atom. The van der Waals surface area contributed by atoms with Crippen molar-refractivity contribution in [1.29, 1.82) is 0 Å². The molecule has 20 heavy (non-hydrogen) atoms. The zero-order valence-corrected chi connectivity index (χ0v) is 12.9. The third kappa shape index (κ3) is 3.28. The summed E-state index contributed by atoms with van der Waals surface area (Å²) in [5.74, 6) is 0.699. The number of ether oxygens (including phenoxy) is 1. The first-order valence-electron chi connectivity index (χ1n) is 6.61. The van der Waals surface area contributed by atoms with Gasteiger partial charge in [-0.1, -0.05) is 0 Å². The van der Waals surface area contributed by atoms with Gasteiger partial charge in [-0.15, -0.1) is 0 Å². The highest BCUT2D eigenvalue weighted by Crippen LogP contribution is 2.24. The quantitative estimate of drug-likeness (QED) is 0.887. The number of pyridine rings is 1. The SMILES string of the molecule is COC1CCC(Nc2ccc(S(=O)(=O)N(C)C)cn2)C1. The van der Waals surface area contributed by atoms with E-state index >= 15 is 0 Å². The van der Waals surface area contributed by atoms with Gasteiger partial charge in [-0.3, -0.25) is 0 Å². The van der Waals surface area contributed by atoms with Crippen molar-refractivity contribution in [2.75, 3.05) is 26.5 Å². The monoisotopic (exact) mass is 299 g/mol. The van der Waals surface area contributed by atoms with Crippen molar-refractivity contribution in [3.63, 3.8) is 0 Å². The summed E-state index contributed by atoms with van der Waals surface area (Å²) in [5.41, 5.74) is 0. The zero-order chi connectivity index (χ0) is 14.8. The van der Waals surface area contributed by atoms with Gasteiger partial charge in [0, 0.05) is 33.4 Å². The highest BCUT2D eigenvalue weighted by Gasteiger charge is 2.24. The Bertz CT molecular complexity index is 542. The van der Waals surface area contributed by atoms with Gasteiger partial charge in [0.1, 0.15) is 10.7 Å². The summed E-state index contributed by atoms with van der Waals surface area (Å²) in [6.45, 7) is 0. The fourth-order valence-electron chi connectivity index (χ4n) is 2.32. The van der Waals surface area contributed by atoms with Crippen LogP contribution in [0.5, 0.6) is 0 Å². The molecule has 1 aliphatic carbocycles. The zero-order valence-electron chi connectivity index (χ0n) is 12.0. The van der Waals surface area contributed by atoms with Gasteiger partial charge >= 0.3 is 0 Å². The highest BCUT2D eigenvalue weighted by atomic mass is 32.2. The molecule has 1 N–H and O–H groups in total. The normalized spacial score (nSPS) is 23.2. The predicted molar refractivity (Wildman–Crippen MR) is 77.2 cm³/mol. The number of sulfonamides is 1. The minimum atomic E-state index is -3.41. The van der Waals surface area contributed by atoms with Crippen molar-refractivity contribution in [1.82, 2.24) is 9.29 Å². The summed E-state index contributed by atoms with van der Waals surface area (Å²) in [6, 6.07) is 3.62. The van der Waals surface area contributed by atoms with E-state index in [0.717, 1.165) is 19.3 Å². The minimum absolute atomic E-state index is 0.203. The second-order valence-corrected chi connectivity index (χ2v) is 7.33. The lowest BCUT2D eigenvalue weighted by Crippen LogP contribution is -2.22. The van der Waals surface area contributed by atoms with Crippen LogP contribution < -0.4 is 5.32 Å². The maximum atomic E-state index is 11.9. The van der Waals surface area contributed by atoms with Crippen LogP contribution in [0.2, 0.25) is 0 Å². The Hall–Kier alpha value is -1.18. The molecule has 2 atom stereocenters. The summed E-state index contributed by atoms with van der Waals surface area (Å²) in [4.78, 5) is 4.39. The highest BCUT2D eigenvalue weighted by molar-refractivity contribution is 7.89. The molecule has 1 aromatic heterocycles. The van der Waals surface area contributed by atoms with Crippen molar-refractivity contribution < 1.29 is 13.2 Å². The van der Waals surface area contributed by atoms with E-state index in [1.165, 1.54) is 24.6 Å². The summed E-state index contributed by atoms with van der Waals surface area (Å²) in [5, 5.41) is 3.31. The van der Waals surface area contributed by atoms with Crippen molar-refractivity contribution in [3.8, 4) is 0 Å². The van der Waals surface area contributed by atoms with Crippen LogP contribution in [0.25, 0.3) is 0 Å². The van der Waals surface area contributed by atoms with Gasteiger partial charge in [-0.2, -0.15) is 0 Å². The van der Waals surface area contributed by atoms with E-state index in [-0.39, 0.29) is 4.90 Å². The van der Waals surface area contributed by atoms with Gasteiger partial charge in [0.25, 0.3) is 0 Å². The van der Waals surface area contributed by atoms with Gasteiger partial charge in [0.05, 0.1) is 6.10 Å². The molecular weight excluding hydrogens is 278 g/mol. The third-order valence-corrected chi connectivity index (χ3v) is 5.38. The molecule has 1 aliphatic rings. The van der Waals surface area contributed by atoms with Crippen LogP contribution in [0.3, 0.4) is 0 Å². The Balaban J connectivity index is 2.03. The standard InChI is InChI=1S/C13H21N3O3S/c1-16(2)20(17,18)12-6-7-13(14-9-12)15-10-4-5-11(8-10)19-3/h6-7,9-11H,4-5,8H2,1-3H3,(H,14,15). The molecule has 0 spiro atoms. The molecule has 1 saturated carbocycles. The van der Waals surface area contributed by atoms with Crippen LogP contribution in [0.4, 0.5) is 5.82 Å². The summed E-state index contributed by atoms with van der Waals surface area (Å²) in [6.07, 6.45) is 4.73. The van der Waals surface area contributed by atoms with Gasteiger partial charge in [0.2, 0.25) is 10.0 Å². The van der Waals surface area contributed by atoms with Crippen LogP contribution in [0, 0.1) is 0 Å². The van der Waals surface area contributed by atoms with E-state index < -0.39 is 10.0 Å². The average Bonchev–Trinajstić information content (AvgIpc) is 2.87. The molecule has 2 unspecified atom stereocenters. The van der Waals surface area contributed by atoms with Crippen molar-refractivity contribution >= 4 is 15.8 Å². The molecular formula is C13H21N3O3S. The summed E-state index contributed by atoms with van der Waals surface area (Å²) >= 11 is 0. The molecule has 0 amide bonds. The van der Waals surface area contributed by atoms with Crippen LogP contribution >= 0.6 is 0 Å². The number of hydrogen-bond acceptors (Lipinski definition) is 5. The summed E-state index contributed by atoms with van der Waals surface area (Å²) < 4.78 is 30.3. The van der Waals surface area contributed by atoms with E-state index in [1.54, 1.807) is 19.2 Å². The lowest BCUT2D eigenvalue weighted by Gasteiger charge is -2.15. The van der Waals surface area contributed by atoms with E-state index in [2.05, 4.69) is 10.3 Å². The molecule has 7 heteroatoms. The lowest BCUT2D eigenvalue weighted by molar-refractivity contribution is 0.108. The molecule has 0 bridgehead atoms. The van der Waals surface area contributed by atoms with Crippen LogP contribution in [0.1, 0.15) is 19.3 Å². The first-order chi connectivity index (χ1) is 9.43. The molecule has 1 aromatic rings. The molecule has 1 fully saturated rings. The number of nitrogens with one attached hydrogen (secondary N) is 1. The predicted octanol–water partition coefficient (Wildman–Crippen LogP) is 1.31. The van der Waals surface area contributed by atoms with Crippen molar-refractivity contribution in [2.45, 2.75) is 36.3 Å². The molecule has 0 aromatic carbocycles. The Labute approximate surface area is 120 Å². The number of methoxy groups -OCH3 is 1. The van der Waals surface area contributed by atoms with Crippen LogP contribution in [-0.2, 0) is 14.8 Å². The molecule has 0 aliphatic heterocycles. The molecule has 1 heterocycles. The van der Waals surface area contributed by atoms with Gasteiger partial charge in [0.15, 0.2) is 0 Å². The fourth-order valence-corrected chi connectivity index (χ4v) is 3.17. The first-order valence-corrected chi connectivity index (χ1v) is 8.05. The second kappa shape index (κ2) is 6.07. The number of rotatable bonds is 5. The smallest absolute Gasteiger partial charge is 0.244 e. The van der Waals surface area contributed by atoms with Crippen molar-refractivity contribution in [3.05, 3.63) is 18.3 Å². The Morgan fingerprint density at radius 2 is 2.10 bits per heavy atom. The van der Waals surface area contributed by atoms with Crippen LogP contribution in [-0.4, -0.2) is 51.1 Å². The first kappa shape index (κ1) is 15.2. The van der Waals surface area contributed by atoms with Gasteiger partial charge < -0.3 is 10.1 Å². The van der Waals surface area contributed by atoms with E-state index in [4.69, 9.17) is 4.74 Å². The molecule has 6 nitrogen and oxygen atoms in total. The molecule has 0 radical (unpaired) electrons. The van der Waals surface area contributed by atoms with Gasteiger partial charge in [-0.25, -0.2) is 17.7 Å². The minimum Gasteiger partial charge on any atom is -0.381 e. The van der Waals surface area contributed by atoms with Gasteiger partial charge in [-0.05, 0) is 31.4 Å². The van der Waals surface area contributed by atoms with Crippen molar-refractivity contribution in [2.24, 2.45) is 0 Å². The Kier molecular flexibility index (Phi) is 4.62. The van der Waals surface area contributed by atoms with E-state index in [9.17, 15) is 8.42 Å². The third-order valence-electron chi connectivity index (χ3n) is 3.58. The maximum Gasteiger partial charge on any atom is 0.244 e. The average molecular weight is 299 g/mol. The molecule has 2 rings (SSSR count). The number of aromatic nitrogens is 1. The van der Waals surface area contributed by atoms with Crippen LogP contribution in [0.15, 0.2) is 23.2 Å². The lowest BCUT2D eigenvalue weighted by atomic mass is 10.2. The van der Waals surface area contributed by atoms with E-state index in [0.29, 0.717) is 18.0 Å². The largest absolute Gasteiger partial charge is 0.381 e. The van der Waals surface area contributed by atoms with E-state index in [1.807, 2.05) is 0 Å².